The number of carbonyl (C=O) groups excluding carboxylic acids is 3. The molecule has 0 aliphatic heterocycles. The van der Waals surface area contributed by atoms with Crippen LogP contribution < -0.4 is 16.4 Å². The van der Waals surface area contributed by atoms with Gasteiger partial charge in [-0.1, -0.05) is 26.8 Å². The van der Waals surface area contributed by atoms with Crippen molar-refractivity contribution in [1.82, 2.24) is 15.2 Å². The van der Waals surface area contributed by atoms with E-state index in [0.717, 1.165) is 18.7 Å². The monoisotopic (exact) mass is 553 g/mol. The Kier molecular flexibility index (Phi) is 13.5. The third kappa shape index (κ3) is 11.0. The molecule has 216 valence electrons. The summed E-state index contributed by atoms with van der Waals surface area (Å²) < 4.78 is 17.7. The topological polar surface area (TPSA) is 131 Å². The van der Waals surface area contributed by atoms with Gasteiger partial charge in [0.15, 0.2) is 5.89 Å². The fraction of sp³-hybridized carbons (Fsp3) is 0.400. The second-order valence-electron chi connectivity index (χ2n) is 9.53. The van der Waals surface area contributed by atoms with Crippen molar-refractivity contribution in [2.75, 3.05) is 25.0 Å². The molecule has 2 aromatic carbocycles. The van der Waals surface area contributed by atoms with Gasteiger partial charge in [-0.15, -0.1) is 0 Å². The normalized spacial score (nSPS) is 11.9. The van der Waals surface area contributed by atoms with Crippen molar-refractivity contribution in [3.63, 3.8) is 0 Å². The number of aromatic nitrogens is 1. The zero-order valence-corrected chi connectivity index (χ0v) is 23.7. The number of nitrogens with one attached hydrogen (secondary N) is 2. The van der Waals surface area contributed by atoms with Gasteiger partial charge in [-0.25, -0.2) is 9.37 Å². The van der Waals surface area contributed by atoms with Gasteiger partial charge in [0.05, 0.1) is 6.20 Å². The lowest BCUT2D eigenvalue weighted by Crippen LogP contribution is -2.39. The van der Waals surface area contributed by atoms with Gasteiger partial charge in [0, 0.05) is 55.3 Å². The van der Waals surface area contributed by atoms with E-state index in [4.69, 9.17) is 10.2 Å². The Morgan fingerprint density at radius 3 is 2.25 bits per heavy atom. The highest BCUT2D eigenvalue weighted by Gasteiger charge is 2.19. The number of benzene rings is 2. The molecule has 0 spiro atoms. The molecule has 4 N–H and O–H groups in total. The van der Waals surface area contributed by atoms with Gasteiger partial charge in [0.1, 0.15) is 12.1 Å². The minimum atomic E-state index is -0.438. The number of nitrogens with zero attached hydrogens (tertiary/aromatic N) is 2. The number of nitrogens with two attached hydrogens (primary N) is 1. The van der Waals surface area contributed by atoms with Gasteiger partial charge in [-0.05, 0) is 61.7 Å². The number of hydrogen-bond donors (Lipinski definition) is 3. The highest BCUT2D eigenvalue weighted by atomic mass is 19.1. The van der Waals surface area contributed by atoms with Crippen LogP contribution in [0.2, 0.25) is 0 Å². The Morgan fingerprint density at radius 1 is 1.05 bits per heavy atom. The predicted octanol–water partition coefficient (Wildman–Crippen LogP) is 4.79. The summed E-state index contributed by atoms with van der Waals surface area (Å²) in [5.41, 5.74) is 7.50. The molecule has 0 aliphatic rings. The number of rotatable bonds is 12. The standard InChI is InChI=1S/C26H35FN4O3.C4H5NO/c1-4-13-31(14-5-2)26(34)20-8-6-7-19(16-20)25(33)29-17-22(28)15-18(3)24(32)30-23-11-9-21(27)10-12-23;1-4-5-2-3-6-4/h6-12,16,18,22H,4-5,13-15,17,28H2,1-3H3,(H,29,33)(H,30,32);2-3H,1H3. The number of aryl methyl sites for hydroxylation is 1. The maximum Gasteiger partial charge on any atom is 0.253 e. The summed E-state index contributed by atoms with van der Waals surface area (Å²) in [6.45, 7) is 9.12. The molecule has 10 heteroatoms. The average Bonchev–Trinajstić information content (AvgIpc) is 3.43. The molecule has 40 heavy (non-hydrogen) atoms. The molecule has 1 aromatic heterocycles. The number of amides is 3. The molecule has 9 nitrogen and oxygen atoms in total. The lowest BCUT2D eigenvalue weighted by molar-refractivity contribution is -0.119. The Labute approximate surface area is 235 Å². The Balaban J connectivity index is 0.000000821. The van der Waals surface area contributed by atoms with E-state index in [1.54, 1.807) is 55.5 Å². The van der Waals surface area contributed by atoms with Crippen LogP contribution in [0, 0.1) is 18.7 Å². The SMILES string of the molecule is CCCN(CCC)C(=O)c1cccc(C(=O)NCC(N)CC(C)C(=O)Nc2ccc(F)cc2)c1.Cc1ncco1. The van der Waals surface area contributed by atoms with Crippen LogP contribution >= 0.6 is 0 Å². The van der Waals surface area contributed by atoms with Crippen molar-refractivity contribution >= 4 is 23.4 Å². The molecule has 2 unspecified atom stereocenters. The second kappa shape index (κ2) is 16.8. The average molecular weight is 554 g/mol. The smallest absolute Gasteiger partial charge is 0.253 e. The van der Waals surface area contributed by atoms with E-state index in [2.05, 4.69) is 15.6 Å². The van der Waals surface area contributed by atoms with E-state index < -0.39 is 12.0 Å². The third-order valence-electron chi connectivity index (χ3n) is 5.94. The molecule has 0 saturated heterocycles. The summed E-state index contributed by atoms with van der Waals surface area (Å²) in [6.07, 6.45) is 5.26. The first-order valence-corrected chi connectivity index (χ1v) is 13.5. The maximum absolute atomic E-state index is 13.0. The van der Waals surface area contributed by atoms with Crippen LogP contribution in [0.3, 0.4) is 0 Å². The van der Waals surface area contributed by atoms with Crippen molar-refractivity contribution in [3.05, 3.63) is 83.8 Å². The Hall–Kier alpha value is -4.05. The van der Waals surface area contributed by atoms with Gasteiger partial charge in [0.2, 0.25) is 5.91 Å². The summed E-state index contributed by atoms with van der Waals surface area (Å²) in [6, 6.07) is 11.7. The third-order valence-corrected chi connectivity index (χ3v) is 5.94. The van der Waals surface area contributed by atoms with E-state index >= 15 is 0 Å². The summed E-state index contributed by atoms with van der Waals surface area (Å²) in [7, 11) is 0. The Bertz CT molecular complexity index is 1200. The van der Waals surface area contributed by atoms with E-state index in [-0.39, 0.29) is 30.1 Å². The van der Waals surface area contributed by atoms with Gasteiger partial charge >= 0.3 is 0 Å². The maximum atomic E-state index is 13.0. The highest BCUT2D eigenvalue weighted by molar-refractivity contribution is 5.99. The minimum Gasteiger partial charge on any atom is -0.449 e. The number of oxazole rings is 1. The van der Waals surface area contributed by atoms with E-state index in [9.17, 15) is 18.8 Å². The molecular formula is C30H40FN5O4. The number of carbonyl (C=O) groups is 3. The van der Waals surface area contributed by atoms with Crippen molar-refractivity contribution in [1.29, 1.82) is 0 Å². The lowest BCUT2D eigenvalue weighted by Gasteiger charge is -2.21. The minimum absolute atomic E-state index is 0.0870. The summed E-state index contributed by atoms with van der Waals surface area (Å²) >= 11 is 0. The van der Waals surface area contributed by atoms with Crippen molar-refractivity contribution in [2.24, 2.45) is 11.7 Å². The lowest BCUT2D eigenvalue weighted by atomic mass is 10.0. The van der Waals surface area contributed by atoms with Crippen molar-refractivity contribution in [2.45, 2.75) is 53.0 Å². The van der Waals surface area contributed by atoms with E-state index in [1.807, 2.05) is 13.8 Å². The first-order chi connectivity index (χ1) is 19.1. The molecule has 2 atom stereocenters. The predicted molar refractivity (Wildman–Crippen MR) is 153 cm³/mol. The molecule has 1 heterocycles. The zero-order valence-electron chi connectivity index (χ0n) is 23.7. The molecular weight excluding hydrogens is 513 g/mol. The van der Waals surface area contributed by atoms with E-state index in [0.29, 0.717) is 36.3 Å². The zero-order chi connectivity index (χ0) is 29.5. The quantitative estimate of drug-likeness (QED) is 0.296. The number of hydrogen-bond acceptors (Lipinski definition) is 6. The molecule has 0 aliphatic carbocycles. The van der Waals surface area contributed by atoms with Crippen molar-refractivity contribution in [3.8, 4) is 0 Å². The summed E-state index contributed by atoms with van der Waals surface area (Å²) in [4.78, 5) is 43.4. The van der Waals surface area contributed by atoms with Crippen LogP contribution in [-0.2, 0) is 4.79 Å². The van der Waals surface area contributed by atoms with Crippen LogP contribution in [0.1, 0.15) is 66.6 Å². The van der Waals surface area contributed by atoms with Crippen LogP contribution in [-0.4, -0.2) is 53.3 Å². The molecule has 3 aromatic rings. The fourth-order valence-corrected chi connectivity index (χ4v) is 3.89. The summed E-state index contributed by atoms with van der Waals surface area (Å²) in [5.74, 6) is -0.709. The van der Waals surface area contributed by atoms with Gasteiger partial charge in [-0.2, -0.15) is 0 Å². The highest BCUT2D eigenvalue weighted by Crippen LogP contribution is 2.13. The van der Waals surface area contributed by atoms with Crippen LogP contribution in [0.4, 0.5) is 10.1 Å². The molecule has 0 radical (unpaired) electrons. The Morgan fingerprint density at radius 2 is 1.70 bits per heavy atom. The fourth-order valence-electron chi connectivity index (χ4n) is 3.89. The van der Waals surface area contributed by atoms with Crippen LogP contribution in [0.25, 0.3) is 0 Å². The van der Waals surface area contributed by atoms with Crippen molar-refractivity contribution < 1.29 is 23.2 Å². The first-order valence-electron chi connectivity index (χ1n) is 13.5. The second-order valence-corrected chi connectivity index (χ2v) is 9.53. The van der Waals surface area contributed by atoms with Crippen LogP contribution in [0.5, 0.6) is 0 Å². The van der Waals surface area contributed by atoms with Crippen LogP contribution in [0.15, 0.2) is 65.4 Å². The largest absolute Gasteiger partial charge is 0.449 e. The van der Waals surface area contributed by atoms with Gasteiger partial charge in [-0.3, -0.25) is 14.4 Å². The van der Waals surface area contributed by atoms with Gasteiger partial charge in [0.25, 0.3) is 11.8 Å². The number of anilines is 1. The summed E-state index contributed by atoms with van der Waals surface area (Å²) in [5, 5.41) is 5.51. The number of halogens is 1. The molecule has 3 amide bonds. The van der Waals surface area contributed by atoms with E-state index in [1.165, 1.54) is 24.3 Å². The first kappa shape index (κ1) is 32.2. The molecule has 3 rings (SSSR count). The molecule has 0 bridgehead atoms. The molecule has 0 fully saturated rings. The van der Waals surface area contributed by atoms with Gasteiger partial charge < -0.3 is 25.7 Å². The molecule has 0 saturated carbocycles.